The minimum absolute atomic E-state index is 0.0433. The molecule has 1 fully saturated rings. The molecule has 0 aromatic heterocycles. The van der Waals surface area contributed by atoms with Gasteiger partial charge in [-0.25, -0.2) is 8.78 Å². The van der Waals surface area contributed by atoms with E-state index in [9.17, 15) is 13.6 Å². The van der Waals surface area contributed by atoms with Crippen LogP contribution < -0.4 is 5.32 Å². The van der Waals surface area contributed by atoms with Gasteiger partial charge >= 0.3 is 0 Å². The Morgan fingerprint density at radius 3 is 2.79 bits per heavy atom. The third-order valence-electron chi connectivity index (χ3n) is 4.11. The van der Waals surface area contributed by atoms with Crippen molar-refractivity contribution in [3.63, 3.8) is 0 Å². The Morgan fingerprint density at radius 2 is 2.21 bits per heavy atom. The molecule has 1 aliphatic heterocycles. The second-order valence-corrected chi connectivity index (χ2v) is 5.25. The SMILES string of the molecule is CCC1(C(=O)Cc2ccc(F)cc2F)CCCNC1. The molecule has 2 rings (SSSR count). The van der Waals surface area contributed by atoms with Crippen LogP contribution in [0.1, 0.15) is 31.7 Å². The van der Waals surface area contributed by atoms with Crippen molar-refractivity contribution >= 4 is 5.78 Å². The molecule has 0 radical (unpaired) electrons. The van der Waals surface area contributed by atoms with Crippen LogP contribution in [0, 0.1) is 17.0 Å². The predicted molar refractivity (Wildman–Crippen MR) is 69.9 cm³/mol. The Kier molecular flexibility index (Phi) is 4.30. The first-order chi connectivity index (χ1) is 9.07. The molecule has 1 saturated heterocycles. The number of Topliss-reactive ketones (excluding diaryl/α,β-unsaturated/α-hetero) is 1. The zero-order valence-electron chi connectivity index (χ0n) is 11.1. The van der Waals surface area contributed by atoms with Gasteiger partial charge in [-0.15, -0.1) is 0 Å². The van der Waals surface area contributed by atoms with Crippen molar-refractivity contribution < 1.29 is 13.6 Å². The zero-order chi connectivity index (χ0) is 13.9. The minimum atomic E-state index is -0.636. The molecule has 104 valence electrons. The molecular weight excluding hydrogens is 248 g/mol. The van der Waals surface area contributed by atoms with E-state index in [1.165, 1.54) is 12.1 Å². The van der Waals surface area contributed by atoms with Gasteiger partial charge in [0.2, 0.25) is 0 Å². The number of carbonyl (C=O) groups is 1. The van der Waals surface area contributed by atoms with E-state index in [-0.39, 0.29) is 23.2 Å². The standard InChI is InChI=1S/C15H19F2NO/c1-2-15(6-3-7-18-10-15)14(19)8-11-4-5-12(16)9-13(11)17/h4-5,9,18H,2-3,6-8,10H2,1H3. The van der Waals surface area contributed by atoms with Gasteiger partial charge < -0.3 is 5.32 Å². The van der Waals surface area contributed by atoms with Gasteiger partial charge in [-0.05, 0) is 37.4 Å². The summed E-state index contributed by atoms with van der Waals surface area (Å²) in [5.41, 5.74) is -0.108. The summed E-state index contributed by atoms with van der Waals surface area (Å²) in [7, 11) is 0. The topological polar surface area (TPSA) is 29.1 Å². The highest BCUT2D eigenvalue weighted by atomic mass is 19.1. The van der Waals surface area contributed by atoms with E-state index in [0.29, 0.717) is 6.54 Å². The van der Waals surface area contributed by atoms with Gasteiger partial charge in [0.1, 0.15) is 17.4 Å². The van der Waals surface area contributed by atoms with Crippen LogP contribution in [0.5, 0.6) is 0 Å². The van der Waals surface area contributed by atoms with Gasteiger partial charge in [0.05, 0.1) is 0 Å². The van der Waals surface area contributed by atoms with E-state index < -0.39 is 11.6 Å². The largest absolute Gasteiger partial charge is 0.316 e. The summed E-state index contributed by atoms with van der Waals surface area (Å²) < 4.78 is 26.4. The van der Waals surface area contributed by atoms with E-state index in [1.54, 1.807) is 0 Å². The fraction of sp³-hybridized carbons (Fsp3) is 0.533. The molecule has 0 aliphatic carbocycles. The average Bonchev–Trinajstić information content (AvgIpc) is 2.42. The Labute approximate surface area is 112 Å². The molecule has 1 heterocycles. The summed E-state index contributed by atoms with van der Waals surface area (Å²) in [6.07, 6.45) is 2.60. The van der Waals surface area contributed by atoms with Gasteiger partial charge in [0.15, 0.2) is 0 Å². The smallest absolute Gasteiger partial charge is 0.144 e. The number of hydrogen-bond acceptors (Lipinski definition) is 2. The molecule has 2 nitrogen and oxygen atoms in total. The maximum Gasteiger partial charge on any atom is 0.144 e. The van der Waals surface area contributed by atoms with Crippen LogP contribution in [-0.2, 0) is 11.2 Å². The summed E-state index contributed by atoms with van der Waals surface area (Å²) in [5.74, 6) is -1.20. The quantitative estimate of drug-likeness (QED) is 0.909. The van der Waals surface area contributed by atoms with Gasteiger partial charge in [0, 0.05) is 24.4 Å². The number of ketones is 1. The van der Waals surface area contributed by atoms with Crippen LogP contribution in [0.15, 0.2) is 18.2 Å². The predicted octanol–water partition coefficient (Wildman–Crippen LogP) is 2.86. The number of benzene rings is 1. The van der Waals surface area contributed by atoms with E-state index in [4.69, 9.17) is 0 Å². The lowest BCUT2D eigenvalue weighted by atomic mass is 9.73. The van der Waals surface area contributed by atoms with Gasteiger partial charge in [-0.2, -0.15) is 0 Å². The van der Waals surface area contributed by atoms with Crippen molar-refractivity contribution in [2.45, 2.75) is 32.6 Å². The van der Waals surface area contributed by atoms with E-state index in [0.717, 1.165) is 31.9 Å². The number of halogens is 2. The summed E-state index contributed by atoms with van der Waals surface area (Å²) in [6, 6.07) is 3.39. The van der Waals surface area contributed by atoms with Crippen molar-refractivity contribution in [1.29, 1.82) is 0 Å². The molecule has 0 bridgehead atoms. The second kappa shape index (κ2) is 5.78. The maximum atomic E-state index is 13.6. The van der Waals surface area contributed by atoms with E-state index >= 15 is 0 Å². The monoisotopic (exact) mass is 267 g/mol. The third kappa shape index (κ3) is 3.00. The molecule has 1 aliphatic rings. The molecular formula is C15H19F2NO. The molecule has 1 aromatic rings. The fourth-order valence-electron chi connectivity index (χ4n) is 2.73. The van der Waals surface area contributed by atoms with Crippen LogP contribution in [0.25, 0.3) is 0 Å². The van der Waals surface area contributed by atoms with Crippen molar-refractivity contribution in [3.05, 3.63) is 35.4 Å². The summed E-state index contributed by atoms with van der Waals surface area (Å²) >= 11 is 0. The lowest BCUT2D eigenvalue weighted by Crippen LogP contribution is -2.45. The maximum absolute atomic E-state index is 13.6. The first-order valence-electron chi connectivity index (χ1n) is 6.75. The summed E-state index contributed by atoms with van der Waals surface area (Å²) in [4.78, 5) is 12.5. The highest BCUT2D eigenvalue weighted by Gasteiger charge is 2.37. The highest BCUT2D eigenvalue weighted by molar-refractivity contribution is 5.87. The molecule has 0 amide bonds. The average molecular weight is 267 g/mol. The molecule has 0 spiro atoms. The fourth-order valence-corrected chi connectivity index (χ4v) is 2.73. The van der Waals surface area contributed by atoms with Crippen LogP contribution in [0.4, 0.5) is 8.78 Å². The Bertz CT molecular complexity index is 467. The molecule has 1 N–H and O–H groups in total. The van der Waals surface area contributed by atoms with E-state index in [2.05, 4.69) is 5.32 Å². The van der Waals surface area contributed by atoms with Crippen LogP contribution in [0.2, 0.25) is 0 Å². The van der Waals surface area contributed by atoms with Crippen LogP contribution in [-0.4, -0.2) is 18.9 Å². The lowest BCUT2D eigenvalue weighted by molar-refractivity contribution is -0.129. The second-order valence-electron chi connectivity index (χ2n) is 5.25. The van der Waals surface area contributed by atoms with Crippen molar-refractivity contribution in [3.8, 4) is 0 Å². The van der Waals surface area contributed by atoms with E-state index in [1.807, 2.05) is 6.92 Å². The number of carbonyl (C=O) groups excluding carboxylic acids is 1. The van der Waals surface area contributed by atoms with Crippen LogP contribution >= 0.6 is 0 Å². The molecule has 1 aromatic carbocycles. The minimum Gasteiger partial charge on any atom is -0.316 e. The number of nitrogens with one attached hydrogen (secondary N) is 1. The molecule has 0 saturated carbocycles. The van der Waals surface area contributed by atoms with Gasteiger partial charge in [0.25, 0.3) is 0 Å². The summed E-state index contributed by atoms with van der Waals surface area (Å²) in [5, 5.41) is 3.24. The number of piperidine rings is 1. The number of hydrogen-bond donors (Lipinski definition) is 1. The lowest BCUT2D eigenvalue weighted by Gasteiger charge is -2.35. The summed E-state index contributed by atoms with van der Waals surface area (Å²) in [6.45, 7) is 3.58. The third-order valence-corrected chi connectivity index (χ3v) is 4.11. The molecule has 1 unspecified atom stereocenters. The number of rotatable bonds is 4. The zero-order valence-corrected chi connectivity index (χ0v) is 11.1. The van der Waals surface area contributed by atoms with Crippen molar-refractivity contribution in [2.24, 2.45) is 5.41 Å². The van der Waals surface area contributed by atoms with Crippen molar-refractivity contribution in [1.82, 2.24) is 5.32 Å². The van der Waals surface area contributed by atoms with Crippen LogP contribution in [0.3, 0.4) is 0 Å². The van der Waals surface area contributed by atoms with Crippen molar-refractivity contribution in [2.75, 3.05) is 13.1 Å². The first kappa shape index (κ1) is 14.1. The molecule has 19 heavy (non-hydrogen) atoms. The first-order valence-corrected chi connectivity index (χ1v) is 6.75. The highest BCUT2D eigenvalue weighted by Crippen LogP contribution is 2.32. The Morgan fingerprint density at radius 1 is 1.42 bits per heavy atom. The molecule has 1 atom stereocenters. The normalized spacial score (nSPS) is 23.3. The van der Waals surface area contributed by atoms with Gasteiger partial charge in [-0.1, -0.05) is 13.0 Å². The Balaban J connectivity index is 2.15. The molecule has 4 heteroatoms. The Hall–Kier alpha value is -1.29. The van der Waals surface area contributed by atoms with Gasteiger partial charge in [-0.3, -0.25) is 4.79 Å².